The lowest BCUT2D eigenvalue weighted by Gasteiger charge is -2.35. The van der Waals surface area contributed by atoms with Gasteiger partial charge in [-0.05, 0) is 64.9 Å². The molecule has 0 bridgehead atoms. The van der Waals surface area contributed by atoms with Crippen molar-refractivity contribution in [3.8, 4) is 5.75 Å². The van der Waals surface area contributed by atoms with Crippen LogP contribution >= 0.6 is 0 Å². The van der Waals surface area contributed by atoms with Gasteiger partial charge in [-0.25, -0.2) is 0 Å². The Hall–Kier alpha value is -2.41. The SMILES string of the molecule is Cc1cccc(OC(C)(C)C(=O)N2CCn3c(nnc3C3CCCN(C)C3)C2)c1. The van der Waals surface area contributed by atoms with E-state index in [-0.39, 0.29) is 5.91 Å². The van der Waals surface area contributed by atoms with Crippen LogP contribution in [0.4, 0.5) is 0 Å². The second-order valence-electron chi connectivity index (χ2n) is 8.88. The maximum Gasteiger partial charge on any atom is 0.266 e. The van der Waals surface area contributed by atoms with Crippen LogP contribution in [0.25, 0.3) is 0 Å². The molecular formula is C22H31N5O2. The maximum atomic E-state index is 13.2. The van der Waals surface area contributed by atoms with Gasteiger partial charge in [0.05, 0.1) is 6.54 Å². The van der Waals surface area contributed by atoms with Crippen LogP contribution in [0.5, 0.6) is 5.75 Å². The van der Waals surface area contributed by atoms with Crippen molar-refractivity contribution in [3.63, 3.8) is 0 Å². The highest BCUT2D eigenvalue weighted by atomic mass is 16.5. The van der Waals surface area contributed by atoms with Crippen LogP contribution in [0, 0.1) is 6.92 Å². The summed E-state index contributed by atoms with van der Waals surface area (Å²) in [6, 6.07) is 7.80. The molecule has 4 rings (SSSR count). The molecule has 1 saturated heterocycles. The summed E-state index contributed by atoms with van der Waals surface area (Å²) in [6.45, 7) is 9.73. The second kappa shape index (κ2) is 7.78. The van der Waals surface area contributed by atoms with Crippen molar-refractivity contribution in [2.45, 2.75) is 58.2 Å². The molecule has 2 aliphatic heterocycles. The van der Waals surface area contributed by atoms with E-state index in [4.69, 9.17) is 4.74 Å². The monoisotopic (exact) mass is 397 g/mol. The third kappa shape index (κ3) is 4.15. The maximum absolute atomic E-state index is 13.2. The molecule has 2 aromatic rings. The standard InChI is InChI=1S/C22H31N5O2/c1-16-7-5-9-18(13-16)29-22(2,3)21(28)26-11-12-27-19(15-26)23-24-20(27)17-8-6-10-25(4)14-17/h5,7,9,13,17H,6,8,10-12,14-15H2,1-4H3. The zero-order valence-electron chi connectivity index (χ0n) is 17.9. The van der Waals surface area contributed by atoms with Crippen LogP contribution in [-0.2, 0) is 17.9 Å². The van der Waals surface area contributed by atoms with Crippen molar-refractivity contribution in [2.75, 3.05) is 26.7 Å². The fraction of sp³-hybridized carbons (Fsp3) is 0.591. The topological polar surface area (TPSA) is 63.5 Å². The quantitative estimate of drug-likeness (QED) is 0.794. The number of aromatic nitrogens is 3. The van der Waals surface area contributed by atoms with E-state index in [9.17, 15) is 4.79 Å². The molecule has 0 radical (unpaired) electrons. The molecule has 29 heavy (non-hydrogen) atoms. The van der Waals surface area contributed by atoms with Gasteiger partial charge in [0.25, 0.3) is 5.91 Å². The van der Waals surface area contributed by atoms with Crippen LogP contribution in [0.3, 0.4) is 0 Å². The fourth-order valence-corrected chi connectivity index (χ4v) is 4.43. The van der Waals surface area contributed by atoms with Crippen molar-refractivity contribution in [1.82, 2.24) is 24.6 Å². The first kappa shape index (κ1) is 19.9. The highest BCUT2D eigenvalue weighted by Gasteiger charge is 2.37. The number of benzene rings is 1. The number of likely N-dealkylation sites (tertiary alicyclic amines) is 1. The first-order valence-electron chi connectivity index (χ1n) is 10.5. The van der Waals surface area contributed by atoms with Gasteiger partial charge >= 0.3 is 0 Å². The van der Waals surface area contributed by atoms with Gasteiger partial charge in [0.2, 0.25) is 0 Å². The summed E-state index contributed by atoms with van der Waals surface area (Å²) in [5.41, 5.74) is 0.169. The number of nitrogens with zero attached hydrogens (tertiary/aromatic N) is 5. The summed E-state index contributed by atoms with van der Waals surface area (Å²) in [5, 5.41) is 8.93. The predicted octanol–water partition coefficient (Wildman–Crippen LogP) is 2.60. The number of amides is 1. The third-order valence-corrected chi connectivity index (χ3v) is 5.94. The normalized spacial score (nSPS) is 20.4. The highest BCUT2D eigenvalue weighted by molar-refractivity contribution is 5.84. The summed E-state index contributed by atoms with van der Waals surface area (Å²) in [6.07, 6.45) is 2.35. The Morgan fingerprint density at radius 3 is 2.79 bits per heavy atom. The largest absolute Gasteiger partial charge is 0.478 e. The van der Waals surface area contributed by atoms with Gasteiger partial charge in [-0.1, -0.05) is 12.1 Å². The van der Waals surface area contributed by atoms with Gasteiger partial charge < -0.3 is 19.1 Å². The molecule has 1 aromatic heterocycles. The summed E-state index contributed by atoms with van der Waals surface area (Å²) in [5.74, 6) is 3.07. The average Bonchev–Trinajstić information content (AvgIpc) is 3.10. The summed E-state index contributed by atoms with van der Waals surface area (Å²) >= 11 is 0. The van der Waals surface area contributed by atoms with Crippen LogP contribution in [0.2, 0.25) is 0 Å². The molecular weight excluding hydrogens is 366 g/mol. The summed E-state index contributed by atoms with van der Waals surface area (Å²) < 4.78 is 8.28. The molecule has 0 saturated carbocycles. The van der Waals surface area contributed by atoms with Gasteiger partial charge in [0, 0.05) is 25.6 Å². The summed E-state index contributed by atoms with van der Waals surface area (Å²) in [4.78, 5) is 17.4. The number of ether oxygens (including phenoxy) is 1. The lowest BCUT2D eigenvalue weighted by molar-refractivity contribution is -0.147. The number of fused-ring (bicyclic) bond motifs is 1. The summed E-state index contributed by atoms with van der Waals surface area (Å²) in [7, 11) is 2.16. The minimum atomic E-state index is -0.940. The van der Waals surface area contributed by atoms with E-state index < -0.39 is 5.60 Å². The van der Waals surface area contributed by atoms with Crippen LogP contribution in [-0.4, -0.2) is 62.8 Å². The number of hydrogen-bond donors (Lipinski definition) is 0. The predicted molar refractivity (Wildman–Crippen MR) is 111 cm³/mol. The Morgan fingerprint density at radius 1 is 1.21 bits per heavy atom. The molecule has 0 N–H and O–H groups in total. The highest BCUT2D eigenvalue weighted by Crippen LogP contribution is 2.28. The van der Waals surface area contributed by atoms with Crippen molar-refractivity contribution < 1.29 is 9.53 Å². The van der Waals surface area contributed by atoms with Crippen molar-refractivity contribution in [1.29, 1.82) is 0 Å². The van der Waals surface area contributed by atoms with E-state index in [1.165, 1.54) is 6.42 Å². The second-order valence-corrected chi connectivity index (χ2v) is 8.88. The minimum absolute atomic E-state index is 0.0211. The molecule has 1 fully saturated rings. The van der Waals surface area contributed by atoms with Gasteiger partial charge in [0.1, 0.15) is 11.6 Å². The zero-order valence-corrected chi connectivity index (χ0v) is 17.9. The molecule has 2 aliphatic rings. The Bertz CT molecular complexity index is 891. The van der Waals surface area contributed by atoms with Crippen molar-refractivity contribution in [2.24, 2.45) is 0 Å². The Labute approximate surface area is 172 Å². The van der Waals surface area contributed by atoms with Crippen LogP contribution < -0.4 is 4.74 Å². The average molecular weight is 398 g/mol. The first-order valence-corrected chi connectivity index (χ1v) is 10.5. The molecule has 7 nitrogen and oxygen atoms in total. The van der Waals surface area contributed by atoms with Crippen LogP contribution in [0.1, 0.15) is 49.8 Å². The molecule has 156 valence electrons. The van der Waals surface area contributed by atoms with Gasteiger partial charge in [-0.15, -0.1) is 10.2 Å². The van der Waals surface area contributed by atoms with E-state index >= 15 is 0 Å². The number of aryl methyl sites for hydroxylation is 1. The molecule has 1 atom stereocenters. The van der Waals surface area contributed by atoms with E-state index in [2.05, 4.69) is 26.7 Å². The molecule has 3 heterocycles. The van der Waals surface area contributed by atoms with Gasteiger partial charge in [-0.2, -0.15) is 0 Å². The number of piperidine rings is 1. The lowest BCUT2D eigenvalue weighted by atomic mass is 9.97. The Kier molecular flexibility index (Phi) is 5.34. The van der Waals surface area contributed by atoms with Gasteiger partial charge in [0.15, 0.2) is 11.4 Å². The van der Waals surface area contributed by atoms with E-state index in [0.717, 1.165) is 43.3 Å². The Balaban J connectivity index is 1.46. The van der Waals surface area contributed by atoms with E-state index in [1.54, 1.807) is 0 Å². The van der Waals surface area contributed by atoms with Crippen molar-refractivity contribution in [3.05, 3.63) is 41.5 Å². The number of rotatable bonds is 4. The minimum Gasteiger partial charge on any atom is -0.478 e. The smallest absolute Gasteiger partial charge is 0.266 e. The number of carbonyl (C=O) groups is 1. The lowest BCUT2D eigenvalue weighted by Crippen LogP contribution is -2.51. The number of carbonyl (C=O) groups excluding carboxylic acids is 1. The molecule has 1 aromatic carbocycles. The van der Waals surface area contributed by atoms with Gasteiger partial charge in [-0.3, -0.25) is 4.79 Å². The molecule has 0 spiro atoms. The first-order chi connectivity index (χ1) is 13.8. The molecule has 1 unspecified atom stereocenters. The van der Waals surface area contributed by atoms with E-state index in [0.29, 0.717) is 24.8 Å². The molecule has 7 heteroatoms. The zero-order chi connectivity index (χ0) is 20.6. The molecule has 1 amide bonds. The molecule has 0 aliphatic carbocycles. The fourth-order valence-electron chi connectivity index (χ4n) is 4.43. The van der Waals surface area contributed by atoms with Crippen LogP contribution in [0.15, 0.2) is 24.3 Å². The number of hydrogen-bond acceptors (Lipinski definition) is 5. The third-order valence-electron chi connectivity index (χ3n) is 5.94. The van der Waals surface area contributed by atoms with E-state index in [1.807, 2.05) is 49.9 Å². The van der Waals surface area contributed by atoms with Crippen molar-refractivity contribution >= 4 is 5.91 Å². The number of likely N-dealkylation sites (N-methyl/N-ethyl adjacent to an activating group) is 1. The Morgan fingerprint density at radius 2 is 2.03 bits per heavy atom.